The fourth-order valence-electron chi connectivity index (χ4n) is 1.63. The summed E-state index contributed by atoms with van der Waals surface area (Å²) in [5.41, 5.74) is 5.73. The van der Waals surface area contributed by atoms with E-state index in [1.165, 1.54) is 18.2 Å². The van der Waals surface area contributed by atoms with E-state index in [1.807, 2.05) is 30.5 Å². The molecule has 2 aromatic rings. The summed E-state index contributed by atoms with van der Waals surface area (Å²) in [6, 6.07) is 11.8. The monoisotopic (exact) mass is 310 g/mol. The first-order valence-corrected chi connectivity index (χ1v) is 8.41. The molecular weight excluding hydrogens is 296 g/mol. The van der Waals surface area contributed by atoms with Crippen molar-refractivity contribution in [3.63, 3.8) is 0 Å². The maximum absolute atomic E-state index is 11.2. The molecule has 106 valence electrons. The van der Waals surface area contributed by atoms with Crippen LogP contribution >= 0.6 is 11.8 Å². The van der Waals surface area contributed by atoms with Gasteiger partial charge in [-0.3, -0.25) is 0 Å². The molecule has 0 aromatic heterocycles. The van der Waals surface area contributed by atoms with Gasteiger partial charge in [0, 0.05) is 11.0 Å². The number of hydrogen-bond donors (Lipinski definition) is 2. The van der Waals surface area contributed by atoms with Gasteiger partial charge in [-0.05, 0) is 42.7 Å². The highest BCUT2D eigenvalue weighted by Gasteiger charge is 2.12. The van der Waals surface area contributed by atoms with Crippen LogP contribution < -0.4 is 15.6 Å². The molecule has 0 aliphatic carbocycles. The lowest BCUT2D eigenvalue weighted by atomic mass is 10.3. The van der Waals surface area contributed by atoms with Crippen LogP contribution in [0.2, 0.25) is 0 Å². The summed E-state index contributed by atoms with van der Waals surface area (Å²) < 4.78 is 28.1. The topological polar surface area (TPSA) is 95.4 Å². The van der Waals surface area contributed by atoms with Crippen molar-refractivity contribution < 1.29 is 13.2 Å². The predicted octanol–water partition coefficient (Wildman–Crippen LogP) is 2.43. The Kier molecular flexibility index (Phi) is 4.22. The summed E-state index contributed by atoms with van der Waals surface area (Å²) in [4.78, 5) is 1.02. The average Bonchev–Trinajstić information content (AvgIpc) is 2.38. The van der Waals surface area contributed by atoms with Gasteiger partial charge in [0.25, 0.3) is 0 Å². The Morgan fingerprint density at radius 3 is 2.15 bits per heavy atom. The van der Waals surface area contributed by atoms with Crippen molar-refractivity contribution >= 4 is 27.5 Å². The summed E-state index contributed by atoms with van der Waals surface area (Å²) in [6.07, 6.45) is 1.99. The molecule has 0 amide bonds. The fraction of sp³-hybridized carbons (Fsp3) is 0.0769. The van der Waals surface area contributed by atoms with Gasteiger partial charge in [0.2, 0.25) is 10.0 Å². The van der Waals surface area contributed by atoms with Crippen LogP contribution in [0, 0.1) is 0 Å². The second-order valence-electron chi connectivity index (χ2n) is 4.02. The number of thioether (sulfide) groups is 1. The maximum atomic E-state index is 11.2. The van der Waals surface area contributed by atoms with E-state index in [9.17, 15) is 8.42 Å². The molecule has 0 spiro atoms. The number of ether oxygens (including phenoxy) is 1. The second kappa shape index (κ2) is 5.74. The summed E-state index contributed by atoms with van der Waals surface area (Å²) in [6.45, 7) is 0. The van der Waals surface area contributed by atoms with Crippen molar-refractivity contribution in [1.82, 2.24) is 0 Å². The number of primary sulfonamides is 1. The number of benzene rings is 2. The third kappa shape index (κ3) is 3.44. The number of sulfonamides is 1. The van der Waals surface area contributed by atoms with E-state index in [4.69, 9.17) is 15.6 Å². The van der Waals surface area contributed by atoms with Gasteiger partial charge in [0.1, 0.15) is 16.4 Å². The first-order chi connectivity index (χ1) is 9.40. The fourth-order valence-corrected chi connectivity index (χ4v) is 2.68. The number of anilines is 1. The van der Waals surface area contributed by atoms with Crippen LogP contribution in [0.4, 0.5) is 5.69 Å². The molecule has 0 aliphatic heterocycles. The van der Waals surface area contributed by atoms with E-state index in [-0.39, 0.29) is 10.6 Å². The molecule has 0 fully saturated rings. The van der Waals surface area contributed by atoms with E-state index >= 15 is 0 Å². The number of nitrogen functional groups attached to an aromatic ring is 1. The van der Waals surface area contributed by atoms with Crippen LogP contribution in [0.15, 0.2) is 52.3 Å². The Hall–Kier alpha value is -1.70. The highest BCUT2D eigenvalue weighted by molar-refractivity contribution is 7.98. The van der Waals surface area contributed by atoms with Crippen molar-refractivity contribution in [2.24, 2.45) is 5.14 Å². The van der Waals surface area contributed by atoms with E-state index in [1.54, 1.807) is 11.8 Å². The minimum absolute atomic E-state index is 0.0609. The molecule has 0 bridgehead atoms. The van der Waals surface area contributed by atoms with Crippen molar-refractivity contribution in [3.8, 4) is 11.5 Å². The van der Waals surface area contributed by atoms with Crippen LogP contribution in [0.1, 0.15) is 0 Å². The lowest BCUT2D eigenvalue weighted by molar-refractivity contribution is 0.482. The van der Waals surface area contributed by atoms with Gasteiger partial charge in [-0.15, -0.1) is 11.8 Å². The van der Waals surface area contributed by atoms with Crippen molar-refractivity contribution in [2.75, 3.05) is 12.0 Å². The number of nitrogens with two attached hydrogens (primary N) is 2. The van der Waals surface area contributed by atoms with Gasteiger partial charge in [-0.1, -0.05) is 0 Å². The minimum atomic E-state index is -3.82. The smallest absolute Gasteiger partial charge is 0.240 e. The van der Waals surface area contributed by atoms with Gasteiger partial charge in [-0.2, -0.15) is 0 Å². The average molecular weight is 310 g/mol. The third-order valence-corrected chi connectivity index (χ3v) is 4.31. The summed E-state index contributed by atoms with van der Waals surface area (Å²) in [5.74, 6) is 1.09. The van der Waals surface area contributed by atoms with E-state index < -0.39 is 10.0 Å². The Morgan fingerprint density at radius 1 is 1.05 bits per heavy atom. The molecule has 0 heterocycles. The van der Waals surface area contributed by atoms with Crippen LogP contribution in [0.25, 0.3) is 0 Å². The summed E-state index contributed by atoms with van der Waals surface area (Å²) in [5, 5.41) is 5.04. The molecule has 2 aromatic carbocycles. The largest absolute Gasteiger partial charge is 0.457 e. The molecule has 0 aliphatic rings. The van der Waals surface area contributed by atoms with Gasteiger partial charge in [0.15, 0.2) is 0 Å². The maximum Gasteiger partial charge on any atom is 0.240 e. The molecule has 0 atom stereocenters. The van der Waals surface area contributed by atoms with E-state index in [2.05, 4.69) is 0 Å². The molecular formula is C13H14N2O3S2. The lowest BCUT2D eigenvalue weighted by Gasteiger charge is -2.09. The minimum Gasteiger partial charge on any atom is -0.457 e. The zero-order valence-corrected chi connectivity index (χ0v) is 12.4. The molecule has 4 N–H and O–H groups in total. The van der Waals surface area contributed by atoms with E-state index in [0.29, 0.717) is 11.5 Å². The highest BCUT2D eigenvalue weighted by Crippen LogP contribution is 2.28. The van der Waals surface area contributed by atoms with Gasteiger partial charge >= 0.3 is 0 Å². The van der Waals surface area contributed by atoms with Gasteiger partial charge in [-0.25, -0.2) is 13.6 Å². The second-order valence-corrected chi connectivity index (χ2v) is 6.43. The standard InChI is InChI=1S/C13H14N2O3S2/c1-19-11-5-2-9(3-6-11)18-10-4-7-13(12(14)8-10)20(15,16)17/h2-8H,14H2,1H3,(H2,15,16,17). The Morgan fingerprint density at radius 2 is 1.65 bits per heavy atom. The zero-order valence-electron chi connectivity index (χ0n) is 10.7. The van der Waals surface area contributed by atoms with E-state index in [0.717, 1.165) is 4.90 Å². The van der Waals surface area contributed by atoms with Crippen LogP contribution in [-0.4, -0.2) is 14.7 Å². The third-order valence-electron chi connectivity index (χ3n) is 2.58. The number of hydrogen-bond acceptors (Lipinski definition) is 5. The molecule has 0 radical (unpaired) electrons. The Labute approximate surface area is 122 Å². The van der Waals surface area contributed by atoms with Crippen molar-refractivity contribution in [1.29, 1.82) is 0 Å². The lowest BCUT2D eigenvalue weighted by Crippen LogP contribution is -2.14. The first kappa shape index (κ1) is 14.7. The summed E-state index contributed by atoms with van der Waals surface area (Å²) in [7, 11) is -3.82. The molecule has 0 saturated carbocycles. The number of rotatable bonds is 4. The molecule has 0 unspecified atom stereocenters. The highest BCUT2D eigenvalue weighted by atomic mass is 32.2. The summed E-state index contributed by atoms with van der Waals surface area (Å²) >= 11 is 1.63. The van der Waals surface area contributed by atoms with Crippen LogP contribution in [0.3, 0.4) is 0 Å². The first-order valence-electron chi connectivity index (χ1n) is 5.64. The SMILES string of the molecule is CSc1ccc(Oc2ccc(S(N)(=O)=O)c(N)c2)cc1. The van der Waals surface area contributed by atoms with Crippen LogP contribution in [-0.2, 0) is 10.0 Å². The van der Waals surface area contributed by atoms with Crippen molar-refractivity contribution in [2.45, 2.75) is 9.79 Å². The molecule has 0 saturated heterocycles. The zero-order chi connectivity index (χ0) is 14.8. The molecule has 2 rings (SSSR count). The normalized spacial score (nSPS) is 11.3. The van der Waals surface area contributed by atoms with Gasteiger partial charge in [0.05, 0.1) is 5.69 Å². The Bertz CT molecular complexity index is 713. The molecule has 7 heteroatoms. The quantitative estimate of drug-likeness (QED) is 0.668. The molecule has 20 heavy (non-hydrogen) atoms. The Balaban J connectivity index is 2.24. The van der Waals surface area contributed by atoms with Crippen LogP contribution in [0.5, 0.6) is 11.5 Å². The molecule has 5 nitrogen and oxygen atoms in total. The van der Waals surface area contributed by atoms with Gasteiger partial charge < -0.3 is 10.5 Å². The predicted molar refractivity (Wildman–Crippen MR) is 80.5 cm³/mol. The van der Waals surface area contributed by atoms with Crippen molar-refractivity contribution in [3.05, 3.63) is 42.5 Å².